The number of pyridine rings is 1. The van der Waals surface area contributed by atoms with Crippen molar-refractivity contribution in [3.63, 3.8) is 0 Å². The Bertz CT molecular complexity index is 891. The van der Waals surface area contributed by atoms with Gasteiger partial charge in [-0.1, -0.05) is 0 Å². The van der Waals surface area contributed by atoms with Crippen molar-refractivity contribution in [3.05, 3.63) is 45.7 Å². The van der Waals surface area contributed by atoms with E-state index < -0.39 is 24.0 Å². The van der Waals surface area contributed by atoms with Crippen LogP contribution >= 0.6 is 22.6 Å². The summed E-state index contributed by atoms with van der Waals surface area (Å²) < 4.78 is 64.6. The molecule has 3 aromatic heterocycles. The molecule has 0 aromatic carbocycles. The normalized spacial score (nSPS) is 12.0. The minimum atomic E-state index is -4.59. The molecule has 0 bridgehead atoms. The van der Waals surface area contributed by atoms with Crippen LogP contribution in [0.1, 0.15) is 17.8 Å². The molecule has 0 radical (unpaired) electrons. The van der Waals surface area contributed by atoms with Gasteiger partial charge in [0.05, 0.1) is 15.6 Å². The van der Waals surface area contributed by atoms with Crippen LogP contribution in [-0.4, -0.2) is 24.9 Å². The molecule has 0 aliphatic heterocycles. The largest absolute Gasteiger partial charge is 0.433 e. The Kier molecular flexibility index (Phi) is 4.67. The van der Waals surface area contributed by atoms with E-state index in [-0.39, 0.29) is 22.9 Å². The molecule has 0 fully saturated rings. The first kappa shape index (κ1) is 17.6. The number of halogens is 6. The molecule has 0 spiro atoms. The van der Waals surface area contributed by atoms with Gasteiger partial charge in [-0.15, -0.1) is 0 Å². The van der Waals surface area contributed by atoms with E-state index in [1.165, 1.54) is 6.20 Å². The van der Waals surface area contributed by atoms with Crippen molar-refractivity contribution >= 4 is 22.6 Å². The molecule has 1 N–H and O–H groups in total. The number of nitrogens with zero attached hydrogens (tertiary/aromatic N) is 4. The molecule has 0 saturated heterocycles. The van der Waals surface area contributed by atoms with Crippen LogP contribution in [0.15, 0.2) is 30.6 Å². The van der Waals surface area contributed by atoms with Gasteiger partial charge in [-0.05, 0) is 40.8 Å². The van der Waals surface area contributed by atoms with Gasteiger partial charge in [0.2, 0.25) is 0 Å². The van der Waals surface area contributed by atoms with Crippen LogP contribution in [0, 0.1) is 3.70 Å². The van der Waals surface area contributed by atoms with Gasteiger partial charge in [0, 0.05) is 11.8 Å². The number of aromatic amines is 1. The van der Waals surface area contributed by atoms with Gasteiger partial charge in [-0.25, -0.2) is 23.7 Å². The Morgan fingerprint density at radius 1 is 1.04 bits per heavy atom. The fourth-order valence-electron chi connectivity index (χ4n) is 1.96. The van der Waals surface area contributed by atoms with Gasteiger partial charge < -0.3 is 4.98 Å². The molecule has 25 heavy (non-hydrogen) atoms. The van der Waals surface area contributed by atoms with Gasteiger partial charge in [-0.2, -0.15) is 13.2 Å². The predicted octanol–water partition coefficient (Wildman–Crippen LogP) is 4.49. The molecule has 3 rings (SSSR count). The summed E-state index contributed by atoms with van der Waals surface area (Å²) in [5.41, 5.74) is -1.47. The molecule has 0 aliphatic carbocycles. The first-order valence-corrected chi connectivity index (χ1v) is 7.73. The van der Waals surface area contributed by atoms with Crippen LogP contribution < -0.4 is 0 Å². The molecule has 5 nitrogen and oxygen atoms in total. The van der Waals surface area contributed by atoms with Gasteiger partial charge in [0.25, 0.3) is 6.43 Å². The summed E-state index contributed by atoms with van der Waals surface area (Å²) >= 11 is 1.94. The number of nitrogens with one attached hydrogen (secondary N) is 1. The average molecular weight is 467 g/mol. The van der Waals surface area contributed by atoms with E-state index >= 15 is 0 Å². The van der Waals surface area contributed by atoms with Crippen LogP contribution in [0.25, 0.3) is 22.9 Å². The highest BCUT2D eigenvalue weighted by Crippen LogP contribution is 2.30. The van der Waals surface area contributed by atoms with E-state index in [4.69, 9.17) is 0 Å². The lowest BCUT2D eigenvalue weighted by molar-refractivity contribution is -0.141. The SMILES string of the molecule is FC(F)c1cc(-c2ccc(C(F)(F)F)nc2)nc(-c2ncc(I)[nH]2)n1. The number of hydrogen-bond acceptors (Lipinski definition) is 4. The Balaban J connectivity index is 2.07. The van der Waals surface area contributed by atoms with Gasteiger partial charge in [0.1, 0.15) is 11.4 Å². The smallest absolute Gasteiger partial charge is 0.331 e. The zero-order chi connectivity index (χ0) is 18.2. The molecule has 3 aromatic rings. The van der Waals surface area contributed by atoms with Crippen molar-refractivity contribution in [1.29, 1.82) is 0 Å². The quantitative estimate of drug-likeness (QED) is 0.456. The Morgan fingerprint density at radius 2 is 1.80 bits per heavy atom. The van der Waals surface area contributed by atoms with E-state index in [1.54, 1.807) is 0 Å². The molecule has 130 valence electrons. The molecule has 0 aliphatic rings. The molecule has 0 unspecified atom stereocenters. The lowest BCUT2D eigenvalue weighted by Gasteiger charge is -2.08. The van der Waals surface area contributed by atoms with Gasteiger partial charge in [0.15, 0.2) is 11.6 Å². The Hall–Kier alpha value is -2.18. The second-order valence-corrected chi connectivity index (χ2v) is 5.97. The van der Waals surface area contributed by atoms with Crippen LogP contribution in [0.5, 0.6) is 0 Å². The number of imidazole rings is 1. The maximum atomic E-state index is 13.1. The van der Waals surface area contributed by atoms with Gasteiger partial charge >= 0.3 is 6.18 Å². The van der Waals surface area contributed by atoms with Crippen molar-refractivity contribution < 1.29 is 22.0 Å². The first-order valence-electron chi connectivity index (χ1n) is 6.65. The Labute approximate surface area is 150 Å². The summed E-state index contributed by atoms with van der Waals surface area (Å²) in [5, 5.41) is 0. The van der Waals surface area contributed by atoms with E-state index in [0.29, 0.717) is 3.70 Å². The number of aromatic nitrogens is 5. The molecular weight excluding hydrogens is 460 g/mol. The van der Waals surface area contributed by atoms with E-state index in [0.717, 1.165) is 24.4 Å². The predicted molar refractivity (Wildman–Crippen MR) is 85.5 cm³/mol. The zero-order valence-electron chi connectivity index (χ0n) is 12.0. The van der Waals surface area contributed by atoms with Crippen molar-refractivity contribution in [2.24, 2.45) is 0 Å². The second kappa shape index (κ2) is 6.61. The van der Waals surface area contributed by atoms with E-state index in [1.807, 2.05) is 22.6 Å². The highest BCUT2D eigenvalue weighted by atomic mass is 127. The third-order valence-electron chi connectivity index (χ3n) is 3.08. The van der Waals surface area contributed by atoms with E-state index in [2.05, 4.69) is 24.9 Å². The van der Waals surface area contributed by atoms with Crippen molar-refractivity contribution in [2.75, 3.05) is 0 Å². The summed E-state index contributed by atoms with van der Waals surface area (Å²) in [4.78, 5) is 17.9. The molecule has 11 heteroatoms. The third kappa shape index (κ3) is 3.91. The van der Waals surface area contributed by atoms with E-state index in [9.17, 15) is 22.0 Å². The summed E-state index contributed by atoms with van der Waals surface area (Å²) in [6.45, 7) is 0. The average Bonchev–Trinajstić information content (AvgIpc) is 3.00. The van der Waals surface area contributed by atoms with Crippen LogP contribution in [-0.2, 0) is 6.18 Å². The van der Waals surface area contributed by atoms with Crippen LogP contribution in [0.2, 0.25) is 0 Å². The summed E-state index contributed by atoms with van der Waals surface area (Å²) in [7, 11) is 0. The summed E-state index contributed by atoms with van der Waals surface area (Å²) in [6, 6.07) is 2.88. The lowest BCUT2D eigenvalue weighted by atomic mass is 10.1. The lowest BCUT2D eigenvalue weighted by Crippen LogP contribution is -2.07. The highest BCUT2D eigenvalue weighted by molar-refractivity contribution is 14.1. The number of alkyl halides is 5. The molecule has 0 amide bonds. The van der Waals surface area contributed by atoms with Crippen molar-refractivity contribution in [1.82, 2.24) is 24.9 Å². The van der Waals surface area contributed by atoms with Crippen LogP contribution in [0.3, 0.4) is 0 Å². The number of hydrogen-bond donors (Lipinski definition) is 1. The molecule has 0 saturated carbocycles. The third-order valence-corrected chi connectivity index (χ3v) is 3.62. The van der Waals surface area contributed by atoms with Gasteiger partial charge in [-0.3, -0.25) is 4.98 Å². The second-order valence-electron chi connectivity index (χ2n) is 4.81. The molecule has 3 heterocycles. The zero-order valence-corrected chi connectivity index (χ0v) is 14.2. The monoisotopic (exact) mass is 467 g/mol. The minimum Gasteiger partial charge on any atom is -0.331 e. The van der Waals surface area contributed by atoms with Crippen LogP contribution in [0.4, 0.5) is 22.0 Å². The highest BCUT2D eigenvalue weighted by Gasteiger charge is 2.32. The van der Waals surface area contributed by atoms with Crippen molar-refractivity contribution in [3.8, 4) is 22.9 Å². The fourth-order valence-corrected chi connectivity index (χ4v) is 2.35. The molecule has 0 atom stereocenters. The summed E-state index contributed by atoms with van der Waals surface area (Å²) in [6.07, 6.45) is -5.07. The standard InChI is InChI=1S/C14H7F5IN5/c15-11(16)8-3-7(6-1-2-9(21-4-6)14(17,18)19)23-13(24-8)12-22-5-10(20)25-12/h1-5,11H,(H,22,25). The number of rotatable bonds is 3. The first-order chi connectivity index (χ1) is 11.7. The minimum absolute atomic E-state index is 0.0212. The summed E-state index contributed by atoms with van der Waals surface area (Å²) in [5.74, 6) is 0.0867. The topological polar surface area (TPSA) is 67.3 Å². The maximum Gasteiger partial charge on any atom is 0.433 e. The maximum absolute atomic E-state index is 13.1. The van der Waals surface area contributed by atoms with Crippen molar-refractivity contribution in [2.45, 2.75) is 12.6 Å². The Morgan fingerprint density at radius 3 is 2.32 bits per heavy atom. The fraction of sp³-hybridized carbons (Fsp3) is 0.143. The number of H-pyrrole nitrogens is 1. The molecular formula is C14H7F5IN5.